The molecule has 62 heavy (non-hydrogen) atoms. The summed E-state index contributed by atoms with van der Waals surface area (Å²) in [4.78, 5) is 10.7. The van der Waals surface area contributed by atoms with Crippen molar-refractivity contribution in [3.8, 4) is 45.1 Å². The fourth-order valence-electron chi connectivity index (χ4n) is 10.0. The Morgan fingerprint density at radius 2 is 0.839 bits per heavy atom. The minimum Gasteiger partial charge on any atom is -0.309 e. The molecule has 4 nitrogen and oxygen atoms in total. The van der Waals surface area contributed by atoms with Crippen LogP contribution in [0.4, 0.5) is 0 Å². The van der Waals surface area contributed by atoms with Gasteiger partial charge in [-0.2, -0.15) is 0 Å². The van der Waals surface area contributed by atoms with Crippen molar-refractivity contribution in [2.45, 2.75) is 0 Å². The fraction of sp³-hybridized carbons (Fsp3) is 0. The summed E-state index contributed by atoms with van der Waals surface area (Å²) in [5.74, 6) is 0.652. The van der Waals surface area contributed by atoms with Gasteiger partial charge in [-0.05, 0) is 92.3 Å². The van der Waals surface area contributed by atoms with Crippen LogP contribution in [0.15, 0.2) is 218 Å². The molecule has 0 saturated carbocycles. The average molecular weight is 789 g/mol. The number of aromatic nitrogens is 4. The molecule has 0 amide bonds. The van der Waals surface area contributed by atoms with Gasteiger partial charge in [-0.15, -0.1) is 0 Å². The highest BCUT2D eigenvalue weighted by atomic mass is 15.2. The predicted octanol–water partition coefficient (Wildman–Crippen LogP) is 15.1. The lowest BCUT2D eigenvalue weighted by atomic mass is 9.89. The second-order valence-corrected chi connectivity index (χ2v) is 16.1. The van der Waals surface area contributed by atoms with Gasteiger partial charge in [0.25, 0.3) is 0 Å². The van der Waals surface area contributed by atoms with E-state index in [-0.39, 0.29) is 0 Å². The lowest BCUT2D eigenvalue weighted by molar-refractivity contribution is 1.01. The van der Waals surface area contributed by atoms with Gasteiger partial charge in [0.1, 0.15) is 0 Å². The summed E-state index contributed by atoms with van der Waals surface area (Å²) in [6, 6.07) is 78.6. The lowest BCUT2D eigenvalue weighted by Gasteiger charge is -2.16. The van der Waals surface area contributed by atoms with Crippen molar-refractivity contribution in [1.82, 2.24) is 19.1 Å². The monoisotopic (exact) mass is 788 g/mol. The highest BCUT2D eigenvalue weighted by Crippen LogP contribution is 2.45. The molecule has 0 atom stereocenters. The molecule has 0 radical (unpaired) electrons. The summed E-state index contributed by atoms with van der Waals surface area (Å²) in [5, 5.41) is 10.7. The van der Waals surface area contributed by atoms with Crippen LogP contribution in [-0.2, 0) is 0 Å². The van der Waals surface area contributed by atoms with Gasteiger partial charge in [-0.3, -0.25) is 4.57 Å². The van der Waals surface area contributed by atoms with Gasteiger partial charge in [-0.1, -0.05) is 170 Å². The Morgan fingerprint density at radius 3 is 1.60 bits per heavy atom. The first-order valence-electron chi connectivity index (χ1n) is 21.2. The van der Waals surface area contributed by atoms with Crippen molar-refractivity contribution in [1.29, 1.82) is 0 Å². The quantitative estimate of drug-likeness (QED) is 0.174. The molecule has 0 N–H and O–H groups in total. The van der Waals surface area contributed by atoms with Crippen LogP contribution in [0.25, 0.3) is 121 Å². The molecule has 0 fully saturated rings. The van der Waals surface area contributed by atoms with Crippen LogP contribution in [-0.4, -0.2) is 19.1 Å². The molecule has 13 rings (SSSR count). The largest absolute Gasteiger partial charge is 0.309 e. The third-order valence-electron chi connectivity index (χ3n) is 12.7. The van der Waals surface area contributed by atoms with E-state index < -0.39 is 0 Å². The maximum Gasteiger partial charge on any atom is 0.235 e. The first-order valence-corrected chi connectivity index (χ1v) is 21.2. The molecule has 10 aromatic carbocycles. The van der Waals surface area contributed by atoms with Crippen molar-refractivity contribution < 1.29 is 0 Å². The van der Waals surface area contributed by atoms with Gasteiger partial charge in [-0.25, -0.2) is 9.97 Å². The predicted molar refractivity (Wildman–Crippen MR) is 260 cm³/mol. The zero-order valence-electron chi connectivity index (χ0n) is 33.6. The van der Waals surface area contributed by atoms with Crippen molar-refractivity contribution in [3.05, 3.63) is 218 Å². The van der Waals surface area contributed by atoms with E-state index in [1.165, 1.54) is 76.4 Å². The molecule has 0 aliphatic rings. The average Bonchev–Trinajstić information content (AvgIpc) is 3.86. The van der Waals surface area contributed by atoms with E-state index in [0.29, 0.717) is 5.95 Å². The zero-order valence-corrected chi connectivity index (χ0v) is 33.6. The van der Waals surface area contributed by atoms with E-state index in [1.54, 1.807) is 0 Å². The second kappa shape index (κ2) is 13.6. The normalized spacial score (nSPS) is 11.9. The number of benzene rings is 10. The summed E-state index contributed by atoms with van der Waals surface area (Å²) >= 11 is 0. The summed E-state index contributed by atoms with van der Waals surface area (Å²) in [5.41, 5.74) is 13.4. The van der Waals surface area contributed by atoms with Crippen LogP contribution in [0, 0.1) is 0 Å². The van der Waals surface area contributed by atoms with E-state index >= 15 is 0 Å². The molecule has 0 aliphatic carbocycles. The molecular formula is C58H36N4. The van der Waals surface area contributed by atoms with Gasteiger partial charge in [0.05, 0.1) is 33.3 Å². The van der Waals surface area contributed by atoms with E-state index in [4.69, 9.17) is 9.97 Å². The minimum absolute atomic E-state index is 0.652. The van der Waals surface area contributed by atoms with Crippen LogP contribution >= 0.6 is 0 Å². The van der Waals surface area contributed by atoms with Crippen LogP contribution in [0.1, 0.15) is 0 Å². The Bertz CT molecular complexity index is 3920. The van der Waals surface area contributed by atoms with Crippen LogP contribution < -0.4 is 0 Å². The van der Waals surface area contributed by atoms with Gasteiger partial charge in [0, 0.05) is 38.2 Å². The van der Waals surface area contributed by atoms with Gasteiger partial charge in [0.15, 0.2) is 0 Å². The Morgan fingerprint density at radius 1 is 0.290 bits per heavy atom. The van der Waals surface area contributed by atoms with Gasteiger partial charge >= 0.3 is 0 Å². The lowest BCUT2D eigenvalue weighted by Crippen LogP contribution is -2.03. The van der Waals surface area contributed by atoms with E-state index in [1.807, 2.05) is 6.07 Å². The number of para-hydroxylation sites is 4. The molecule has 3 aromatic heterocycles. The summed E-state index contributed by atoms with van der Waals surface area (Å²) in [6.07, 6.45) is 0. The summed E-state index contributed by atoms with van der Waals surface area (Å²) in [6.45, 7) is 0. The molecule has 4 heteroatoms. The Hall–Kier alpha value is -8.34. The number of hydrogen-bond acceptors (Lipinski definition) is 2. The number of fused-ring (bicyclic) bond motifs is 10. The van der Waals surface area contributed by atoms with Crippen molar-refractivity contribution in [2.24, 2.45) is 0 Å². The topological polar surface area (TPSA) is 35.6 Å². The molecule has 0 aliphatic heterocycles. The Kier molecular flexibility index (Phi) is 7.57. The Labute approximate surface area is 357 Å². The molecule has 0 saturated heterocycles. The molecule has 3 heterocycles. The van der Waals surface area contributed by atoms with Crippen LogP contribution in [0.5, 0.6) is 0 Å². The Balaban J connectivity index is 1.06. The van der Waals surface area contributed by atoms with Crippen molar-refractivity contribution >= 4 is 76.1 Å². The second-order valence-electron chi connectivity index (χ2n) is 16.1. The minimum atomic E-state index is 0.652. The molecule has 0 spiro atoms. The first kappa shape index (κ1) is 34.5. The van der Waals surface area contributed by atoms with E-state index in [2.05, 4.69) is 221 Å². The highest BCUT2D eigenvalue weighted by molar-refractivity contribution is 6.25. The van der Waals surface area contributed by atoms with E-state index in [9.17, 15) is 0 Å². The first-order chi connectivity index (χ1) is 30.8. The maximum atomic E-state index is 5.40. The third kappa shape index (κ3) is 5.14. The third-order valence-corrected chi connectivity index (χ3v) is 12.7. The van der Waals surface area contributed by atoms with Gasteiger partial charge < -0.3 is 4.57 Å². The summed E-state index contributed by atoms with van der Waals surface area (Å²) < 4.78 is 4.65. The van der Waals surface area contributed by atoms with Crippen molar-refractivity contribution in [2.75, 3.05) is 0 Å². The van der Waals surface area contributed by atoms with Crippen molar-refractivity contribution in [3.63, 3.8) is 0 Å². The number of rotatable bonds is 5. The van der Waals surface area contributed by atoms with Crippen LogP contribution in [0.2, 0.25) is 0 Å². The SMILES string of the molecule is c1ccc(-c2nc(-n3c4ccccc4c4c5ccccc5c(-c5ccc(-c6ccc7c(c6)c6ccccc6n7-c6ccccc6)c6ccccc56)cc43)nc3ccccc23)cc1. The molecule has 13 aromatic rings. The maximum absolute atomic E-state index is 5.40. The highest BCUT2D eigenvalue weighted by Gasteiger charge is 2.22. The number of hydrogen-bond donors (Lipinski definition) is 0. The molecule has 288 valence electrons. The number of nitrogens with zero attached hydrogens (tertiary/aromatic N) is 4. The smallest absolute Gasteiger partial charge is 0.235 e. The fourth-order valence-corrected chi connectivity index (χ4v) is 10.0. The van der Waals surface area contributed by atoms with Gasteiger partial charge in [0.2, 0.25) is 5.95 Å². The van der Waals surface area contributed by atoms with E-state index in [0.717, 1.165) is 38.9 Å². The zero-order chi connectivity index (χ0) is 40.7. The summed E-state index contributed by atoms with van der Waals surface area (Å²) in [7, 11) is 0. The molecule has 0 bridgehead atoms. The van der Waals surface area contributed by atoms with Crippen LogP contribution in [0.3, 0.4) is 0 Å². The standard InChI is InChI=1S/C58H36N4/c1-3-17-37(18-4-1)57-47-26-11-14-28-51(47)59-58(60-57)62-53-30-16-13-27-48(53)56-46-25-10-9-23-43(46)49(36-55(56)62)44-33-32-40(41-21-7-8-22-42(41)44)38-31-34-54-50(35-38)45-24-12-15-29-52(45)61(54)39-19-5-2-6-20-39/h1-36H. The molecular weight excluding hydrogens is 753 g/mol. The molecule has 0 unspecified atom stereocenters.